The van der Waals surface area contributed by atoms with Gasteiger partial charge in [0.15, 0.2) is 0 Å². The molecule has 0 aliphatic heterocycles. The van der Waals surface area contributed by atoms with E-state index in [0.29, 0.717) is 0 Å². The Morgan fingerprint density at radius 2 is 1.86 bits per heavy atom. The maximum absolute atomic E-state index is 5.79. The van der Waals surface area contributed by atoms with Gasteiger partial charge in [-0.25, -0.2) is 4.98 Å². The number of hydrogen-bond donors (Lipinski definition) is 2. The Hall–Kier alpha value is -2.33. The average molecular weight is 280 g/mol. The number of H-pyrrole nitrogens is 1. The number of aromatic nitrogens is 2. The number of nitrogens with one attached hydrogen (secondary N) is 1. The van der Waals surface area contributed by atoms with Crippen LogP contribution in [0.15, 0.2) is 42.5 Å². The lowest BCUT2D eigenvalue weighted by Gasteiger charge is -2.15. The molecule has 0 spiro atoms. The largest absolute Gasteiger partial charge is 0.399 e. The quantitative estimate of drug-likeness (QED) is 0.722. The second kappa shape index (κ2) is 5.58. The lowest BCUT2D eigenvalue weighted by atomic mass is 10.1. The highest BCUT2D eigenvalue weighted by molar-refractivity contribution is 5.78. The first-order valence-electron chi connectivity index (χ1n) is 7.08. The number of benzene rings is 2. The molecule has 4 heteroatoms. The van der Waals surface area contributed by atoms with Crippen molar-refractivity contribution in [1.29, 1.82) is 0 Å². The van der Waals surface area contributed by atoms with E-state index in [0.717, 1.165) is 35.6 Å². The SMILES string of the molecule is Cc1ccc(CN(C)Cc2nc3ccc(N)cc3[nH]2)cc1. The number of nitrogen functional groups attached to an aromatic ring is 1. The molecule has 0 radical (unpaired) electrons. The fourth-order valence-electron chi connectivity index (χ4n) is 2.47. The maximum Gasteiger partial charge on any atom is 0.121 e. The first kappa shape index (κ1) is 13.6. The lowest BCUT2D eigenvalue weighted by Crippen LogP contribution is -2.18. The molecule has 1 aromatic heterocycles. The molecule has 3 aromatic rings. The first-order valence-corrected chi connectivity index (χ1v) is 7.08. The number of hydrogen-bond acceptors (Lipinski definition) is 3. The first-order chi connectivity index (χ1) is 10.1. The summed E-state index contributed by atoms with van der Waals surface area (Å²) in [5.74, 6) is 0.963. The number of aromatic amines is 1. The predicted octanol–water partition coefficient (Wildman–Crippen LogP) is 3.09. The van der Waals surface area contributed by atoms with Crippen molar-refractivity contribution in [3.8, 4) is 0 Å². The van der Waals surface area contributed by atoms with Gasteiger partial charge in [-0.15, -0.1) is 0 Å². The predicted molar refractivity (Wildman–Crippen MR) is 86.9 cm³/mol. The number of aryl methyl sites for hydroxylation is 1. The van der Waals surface area contributed by atoms with Crippen molar-refractivity contribution in [3.63, 3.8) is 0 Å². The molecule has 0 saturated carbocycles. The van der Waals surface area contributed by atoms with Gasteiger partial charge in [-0.2, -0.15) is 0 Å². The molecule has 0 saturated heterocycles. The van der Waals surface area contributed by atoms with Crippen LogP contribution < -0.4 is 5.73 Å². The van der Waals surface area contributed by atoms with E-state index in [1.807, 2.05) is 18.2 Å². The van der Waals surface area contributed by atoms with Crippen molar-refractivity contribution in [2.45, 2.75) is 20.0 Å². The Balaban J connectivity index is 1.70. The Labute approximate surface area is 124 Å². The smallest absolute Gasteiger partial charge is 0.121 e. The molecule has 3 N–H and O–H groups in total. The van der Waals surface area contributed by atoms with Crippen molar-refractivity contribution < 1.29 is 0 Å². The van der Waals surface area contributed by atoms with Crippen LogP contribution in [0.5, 0.6) is 0 Å². The molecule has 0 atom stereocenters. The number of nitrogens with two attached hydrogens (primary N) is 1. The summed E-state index contributed by atoms with van der Waals surface area (Å²) in [5, 5.41) is 0. The third-order valence-corrected chi connectivity index (χ3v) is 3.55. The summed E-state index contributed by atoms with van der Waals surface area (Å²) in [6.07, 6.45) is 0. The van der Waals surface area contributed by atoms with Gasteiger partial charge in [-0.05, 0) is 37.7 Å². The highest BCUT2D eigenvalue weighted by atomic mass is 15.1. The molecule has 0 amide bonds. The van der Waals surface area contributed by atoms with Crippen molar-refractivity contribution in [1.82, 2.24) is 14.9 Å². The molecular weight excluding hydrogens is 260 g/mol. The number of anilines is 1. The fourth-order valence-corrected chi connectivity index (χ4v) is 2.47. The van der Waals surface area contributed by atoms with E-state index in [1.54, 1.807) is 0 Å². The molecule has 4 nitrogen and oxygen atoms in total. The summed E-state index contributed by atoms with van der Waals surface area (Å²) in [5.41, 5.74) is 11.1. The molecular formula is C17H20N4. The van der Waals surface area contributed by atoms with Crippen molar-refractivity contribution in [2.24, 2.45) is 0 Å². The van der Waals surface area contributed by atoms with Gasteiger partial charge < -0.3 is 10.7 Å². The molecule has 0 aliphatic carbocycles. The van der Waals surface area contributed by atoms with Crippen molar-refractivity contribution >= 4 is 16.7 Å². The third kappa shape index (κ3) is 3.23. The van der Waals surface area contributed by atoms with Crippen LogP contribution >= 0.6 is 0 Å². The standard InChI is InChI=1S/C17H20N4/c1-12-3-5-13(6-4-12)10-21(2)11-17-19-15-8-7-14(18)9-16(15)20-17/h3-9H,10-11,18H2,1-2H3,(H,19,20). The summed E-state index contributed by atoms with van der Waals surface area (Å²) >= 11 is 0. The van der Waals surface area contributed by atoms with Gasteiger partial charge in [0.25, 0.3) is 0 Å². The van der Waals surface area contributed by atoms with Gasteiger partial charge in [-0.3, -0.25) is 4.90 Å². The number of fused-ring (bicyclic) bond motifs is 1. The molecule has 1 heterocycles. The van der Waals surface area contributed by atoms with Gasteiger partial charge >= 0.3 is 0 Å². The number of rotatable bonds is 4. The van der Waals surface area contributed by atoms with Crippen LogP contribution in [-0.2, 0) is 13.1 Å². The summed E-state index contributed by atoms with van der Waals surface area (Å²) in [7, 11) is 2.10. The minimum Gasteiger partial charge on any atom is -0.399 e. The maximum atomic E-state index is 5.79. The molecule has 0 aliphatic rings. The van der Waals surface area contributed by atoms with E-state index in [9.17, 15) is 0 Å². The number of nitrogens with zero attached hydrogens (tertiary/aromatic N) is 2. The van der Waals surface area contributed by atoms with Crippen LogP contribution in [0.4, 0.5) is 5.69 Å². The summed E-state index contributed by atoms with van der Waals surface area (Å²) in [6.45, 7) is 3.79. The summed E-state index contributed by atoms with van der Waals surface area (Å²) < 4.78 is 0. The summed E-state index contributed by atoms with van der Waals surface area (Å²) in [4.78, 5) is 10.2. The molecule has 3 rings (SSSR count). The lowest BCUT2D eigenvalue weighted by molar-refractivity contribution is 0.312. The second-order valence-corrected chi connectivity index (χ2v) is 5.62. The Bertz CT molecular complexity index is 743. The van der Waals surface area contributed by atoms with Crippen molar-refractivity contribution in [2.75, 3.05) is 12.8 Å². The Morgan fingerprint density at radius 1 is 1.10 bits per heavy atom. The zero-order valence-corrected chi connectivity index (χ0v) is 12.4. The normalized spacial score (nSPS) is 11.4. The number of imidazole rings is 1. The molecule has 0 unspecified atom stereocenters. The highest BCUT2D eigenvalue weighted by Crippen LogP contribution is 2.16. The van der Waals surface area contributed by atoms with Crippen LogP contribution in [0.2, 0.25) is 0 Å². The Kier molecular flexibility index (Phi) is 3.62. The monoisotopic (exact) mass is 280 g/mol. The third-order valence-electron chi connectivity index (χ3n) is 3.55. The van der Waals surface area contributed by atoms with E-state index >= 15 is 0 Å². The van der Waals surface area contributed by atoms with Gasteiger partial charge in [-0.1, -0.05) is 29.8 Å². The average Bonchev–Trinajstić information content (AvgIpc) is 2.82. The fraction of sp³-hybridized carbons (Fsp3) is 0.235. The zero-order valence-electron chi connectivity index (χ0n) is 12.4. The molecule has 2 aromatic carbocycles. The highest BCUT2D eigenvalue weighted by Gasteiger charge is 2.07. The van der Waals surface area contributed by atoms with E-state index in [4.69, 9.17) is 5.73 Å². The van der Waals surface area contributed by atoms with Crippen LogP contribution in [0.25, 0.3) is 11.0 Å². The van der Waals surface area contributed by atoms with Crippen LogP contribution in [0.3, 0.4) is 0 Å². The topological polar surface area (TPSA) is 57.9 Å². The van der Waals surface area contributed by atoms with Crippen molar-refractivity contribution in [3.05, 3.63) is 59.4 Å². The minimum absolute atomic E-state index is 0.755. The van der Waals surface area contributed by atoms with E-state index in [1.165, 1.54) is 11.1 Å². The van der Waals surface area contributed by atoms with Gasteiger partial charge in [0.1, 0.15) is 5.82 Å². The molecule has 0 fully saturated rings. The van der Waals surface area contributed by atoms with E-state index < -0.39 is 0 Å². The summed E-state index contributed by atoms with van der Waals surface area (Å²) in [6, 6.07) is 14.4. The van der Waals surface area contributed by atoms with E-state index in [-0.39, 0.29) is 0 Å². The van der Waals surface area contributed by atoms with Gasteiger partial charge in [0, 0.05) is 12.2 Å². The molecule has 21 heavy (non-hydrogen) atoms. The second-order valence-electron chi connectivity index (χ2n) is 5.62. The molecule has 0 bridgehead atoms. The van der Waals surface area contributed by atoms with Crippen LogP contribution in [0.1, 0.15) is 17.0 Å². The molecule has 108 valence electrons. The van der Waals surface area contributed by atoms with Gasteiger partial charge in [0.2, 0.25) is 0 Å². The van der Waals surface area contributed by atoms with E-state index in [2.05, 4.69) is 53.1 Å². The zero-order chi connectivity index (χ0) is 14.8. The van der Waals surface area contributed by atoms with Crippen LogP contribution in [0, 0.1) is 6.92 Å². The minimum atomic E-state index is 0.755. The Morgan fingerprint density at radius 3 is 2.62 bits per heavy atom. The van der Waals surface area contributed by atoms with Crippen LogP contribution in [-0.4, -0.2) is 21.9 Å². The van der Waals surface area contributed by atoms with Gasteiger partial charge in [0.05, 0.1) is 17.6 Å².